The quantitative estimate of drug-likeness (QED) is 0.794. The van der Waals surface area contributed by atoms with Crippen molar-refractivity contribution in [2.45, 2.75) is 4.90 Å². The second-order valence-corrected chi connectivity index (χ2v) is 7.02. The lowest BCUT2D eigenvalue weighted by molar-refractivity contribution is 0.526. The maximum atomic E-state index is 13.4. The van der Waals surface area contributed by atoms with Crippen LogP contribution in [0.2, 0.25) is 0 Å². The van der Waals surface area contributed by atoms with Crippen molar-refractivity contribution in [1.29, 1.82) is 0 Å². The van der Waals surface area contributed by atoms with E-state index in [-0.39, 0.29) is 4.90 Å². The zero-order valence-corrected chi connectivity index (χ0v) is 11.2. The molecule has 0 bridgehead atoms. The summed E-state index contributed by atoms with van der Waals surface area (Å²) in [5.41, 5.74) is -0.491. The Labute approximate surface area is 105 Å². The van der Waals surface area contributed by atoms with E-state index in [0.717, 1.165) is 22.5 Å². The highest BCUT2D eigenvalue weighted by molar-refractivity contribution is 7.90. The zero-order valence-electron chi connectivity index (χ0n) is 9.58. The summed E-state index contributed by atoms with van der Waals surface area (Å²) in [6.45, 7) is 0. The van der Waals surface area contributed by atoms with Crippen LogP contribution in [0, 0.1) is 5.82 Å². The smallest absolute Gasteiger partial charge is 0.268 e. The van der Waals surface area contributed by atoms with Crippen LogP contribution in [0.4, 0.5) is 10.1 Å². The Balaban J connectivity index is 3.27. The summed E-state index contributed by atoms with van der Waals surface area (Å²) < 4.78 is 61.2. The Morgan fingerprint density at radius 3 is 2.22 bits per heavy atom. The molecule has 1 aromatic rings. The van der Waals surface area contributed by atoms with Crippen LogP contribution in [0.3, 0.4) is 0 Å². The van der Waals surface area contributed by atoms with Crippen LogP contribution in [-0.2, 0) is 20.2 Å². The molecule has 10 heteroatoms. The fourth-order valence-electron chi connectivity index (χ4n) is 0.990. The van der Waals surface area contributed by atoms with Crippen LogP contribution in [0.25, 0.3) is 0 Å². The first-order valence-electron chi connectivity index (χ1n) is 4.56. The topological polar surface area (TPSA) is 110 Å². The molecule has 0 spiro atoms. The molecule has 0 aromatic heterocycles. The molecule has 0 saturated carbocycles. The van der Waals surface area contributed by atoms with Crippen LogP contribution < -0.4 is 9.86 Å². The molecule has 0 atom stereocenters. The maximum absolute atomic E-state index is 13.4. The molecule has 0 radical (unpaired) electrons. The van der Waals surface area contributed by atoms with Gasteiger partial charge >= 0.3 is 10.2 Å². The molecule has 0 fully saturated rings. The predicted octanol–water partition coefficient (Wildman–Crippen LogP) is -0.309. The van der Waals surface area contributed by atoms with Crippen molar-refractivity contribution in [2.75, 3.05) is 18.8 Å². The minimum Gasteiger partial charge on any atom is -0.268 e. The molecule has 0 aliphatic carbocycles. The van der Waals surface area contributed by atoms with Crippen LogP contribution in [0.15, 0.2) is 23.1 Å². The van der Waals surface area contributed by atoms with Gasteiger partial charge in [-0.25, -0.2) is 17.9 Å². The van der Waals surface area contributed by atoms with Gasteiger partial charge in [-0.3, -0.25) is 4.72 Å². The van der Waals surface area contributed by atoms with Crippen molar-refractivity contribution in [3.05, 3.63) is 24.0 Å². The van der Waals surface area contributed by atoms with Crippen molar-refractivity contribution < 1.29 is 21.2 Å². The van der Waals surface area contributed by atoms with Gasteiger partial charge in [-0.15, -0.1) is 0 Å². The number of rotatable bonds is 4. The molecule has 102 valence electrons. The standard InChI is InChI=1S/C8H12FN3O4S2/c1-12(2)18(15,16)11-8-5-6(17(10,13)14)3-4-7(8)9/h3-5,11H,1-2H3,(H2,10,13,14). The van der Waals surface area contributed by atoms with E-state index in [9.17, 15) is 21.2 Å². The normalized spacial score (nSPS) is 12.7. The Hall–Kier alpha value is -1.23. The molecule has 0 saturated heterocycles. The van der Waals surface area contributed by atoms with Gasteiger partial charge in [-0.05, 0) is 18.2 Å². The van der Waals surface area contributed by atoms with E-state index >= 15 is 0 Å². The lowest BCUT2D eigenvalue weighted by Gasteiger charge is -2.14. The number of nitrogens with zero attached hydrogens (tertiary/aromatic N) is 1. The molecule has 1 rings (SSSR count). The van der Waals surface area contributed by atoms with Crippen molar-refractivity contribution in [3.8, 4) is 0 Å². The summed E-state index contributed by atoms with van der Waals surface area (Å²) >= 11 is 0. The number of hydrogen-bond donors (Lipinski definition) is 2. The lowest BCUT2D eigenvalue weighted by atomic mass is 10.3. The monoisotopic (exact) mass is 297 g/mol. The minimum atomic E-state index is -4.03. The molecule has 18 heavy (non-hydrogen) atoms. The number of hydrogen-bond acceptors (Lipinski definition) is 4. The summed E-state index contributed by atoms with van der Waals surface area (Å²) in [4.78, 5) is -0.389. The van der Waals surface area contributed by atoms with Gasteiger partial charge < -0.3 is 0 Å². The second-order valence-electron chi connectivity index (χ2n) is 3.58. The molecule has 0 unspecified atom stereocenters. The molecule has 0 aliphatic heterocycles. The van der Waals surface area contributed by atoms with Crippen LogP contribution in [0.1, 0.15) is 0 Å². The van der Waals surface area contributed by atoms with E-state index in [2.05, 4.69) is 0 Å². The summed E-state index contributed by atoms with van der Waals surface area (Å²) in [5.74, 6) is -0.909. The Morgan fingerprint density at radius 1 is 1.22 bits per heavy atom. The van der Waals surface area contributed by atoms with Gasteiger partial charge in [-0.2, -0.15) is 12.7 Å². The maximum Gasteiger partial charge on any atom is 0.301 e. The van der Waals surface area contributed by atoms with E-state index in [1.54, 1.807) is 0 Å². The van der Waals surface area contributed by atoms with E-state index in [4.69, 9.17) is 5.14 Å². The van der Waals surface area contributed by atoms with E-state index in [0.29, 0.717) is 0 Å². The first-order chi connectivity index (χ1) is 8.04. The summed E-state index contributed by atoms with van der Waals surface area (Å²) in [6.07, 6.45) is 0. The van der Waals surface area contributed by atoms with E-state index in [1.165, 1.54) is 14.1 Å². The van der Waals surface area contributed by atoms with Crippen molar-refractivity contribution in [2.24, 2.45) is 5.14 Å². The summed E-state index contributed by atoms with van der Waals surface area (Å²) in [6, 6.07) is 2.57. The van der Waals surface area contributed by atoms with Gasteiger partial charge in [0, 0.05) is 14.1 Å². The third-order valence-corrected chi connectivity index (χ3v) is 4.34. The average molecular weight is 297 g/mol. The van der Waals surface area contributed by atoms with Gasteiger partial charge in [0.05, 0.1) is 10.6 Å². The average Bonchev–Trinajstić information content (AvgIpc) is 2.19. The highest BCUT2D eigenvalue weighted by atomic mass is 32.2. The number of primary sulfonamides is 1. The number of benzene rings is 1. The third-order valence-electron chi connectivity index (χ3n) is 1.99. The van der Waals surface area contributed by atoms with Crippen molar-refractivity contribution in [3.63, 3.8) is 0 Å². The molecular weight excluding hydrogens is 285 g/mol. The first kappa shape index (κ1) is 14.8. The van der Waals surface area contributed by atoms with Gasteiger partial charge in [-0.1, -0.05) is 0 Å². The van der Waals surface area contributed by atoms with E-state index in [1.807, 2.05) is 4.72 Å². The number of nitrogens with two attached hydrogens (primary N) is 1. The van der Waals surface area contributed by atoms with Gasteiger partial charge in [0.25, 0.3) is 0 Å². The Bertz CT molecular complexity index is 655. The van der Waals surface area contributed by atoms with Crippen LogP contribution >= 0.6 is 0 Å². The largest absolute Gasteiger partial charge is 0.301 e. The van der Waals surface area contributed by atoms with Crippen LogP contribution in [0.5, 0.6) is 0 Å². The third kappa shape index (κ3) is 3.38. The molecule has 3 N–H and O–H groups in total. The number of anilines is 1. The molecular formula is C8H12FN3O4S2. The van der Waals surface area contributed by atoms with Crippen molar-refractivity contribution >= 4 is 25.9 Å². The van der Waals surface area contributed by atoms with Gasteiger partial charge in [0.2, 0.25) is 10.0 Å². The molecule has 7 nitrogen and oxygen atoms in total. The number of nitrogens with one attached hydrogen (secondary N) is 1. The van der Waals surface area contributed by atoms with Gasteiger partial charge in [0.15, 0.2) is 0 Å². The molecule has 0 heterocycles. The summed E-state index contributed by atoms with van der Waals surface area (Å²) in [7, 11) is -5.48. The first-order valence-corrected chi connectivity index (χ1v) is 7.55. The SMILES string of the molecule is CN(C)S(=O)(=O)Nc1cc(S(N)(=O)=O)ccc1F. The highest BCUT2D eigenvalue weighted by Gasteiger charge is 2.18. The zero-order chi connectivity index (χ0) is 14.1. The molecule has 0 amide bonds. The molecule has 0 aliphatic rings. The van der Waals surface area contributed by atoms with Gasteiger partial charge in [0.1, 0.15) is 5.82 Å². The second kappa shape index (κ2) is 4.80. The minimum absolute atomic E-state index is 0.389. The highest BCUT2D eigenvalue weighted by Crippen LogP contribution is 2.20. The number of halogens is 1. The van der Waals surface area contributed by atoms with Crippen molar-refractivity contribution in [1.82, 2.24) is 4.31 Å². The number of sulfonamides is 1. The molecule has 1 aromatic carbocycles. The lowest BCUT2D eigenvalue weighted by Crippen LogP contribution is -2.29. The Morgan fingerprint density at radius 2 is 1.78 bits per heavy atom. The fraction of sp³-hybridized carbons (Fsp3) is 0.250. The fourth-order valence-corrected chi connectivity index (χ4v) is 2.15. The Kier molecular flexibility index (Phi) is 3.96. The predicted molar refractivity (Wildman–Crippen MR) is 64.0 cm³/mol. The summed E-state index contributed by atoms with van der Waals surface area (Å²) in [5, 5.41) is 4.86. The van der Waals surface area contributed by atoms with E-state index < -0.39 is 31.7 Å². The van der Waals surface area contributed by atoms with Crippen LogP contribution in [-0.4, -0.2) is 35.2 Å².